The Balaban J connectivity index is 2.61. The zero-order valence-electron chi connectivity index (χ0n) is 12.2. The summed E-state index contributed by atoms with van der Waals surface area (Å²) in [4.78, 5) is 24.3. The summed E-state index contributed by atoms with van der Waals surface area (Å²) in [5.74, 6) is -0.505. The van der Waals surface area contributed by atoms with Gasteiger partial charge in [0.2, 0.25) is 0 Å². The second-order valence-corrected chi connectivity index (χ2v) is 4.55. The van der Waals surface area contributed by atoms with Gasteiger partial charge in [-0.1, -0.05) is 6.07 Å². The van der Waals surface area contributed by atoms with Crippen molar-refractivity contribution in [3.8, 4) is 0 Å². The highest BCUT2D eigenvalue weighted by molar-refractivity contribution is 6.00. The molecule has 1 aromatic rings. The summed E-state index contributed by atoms with van der Waals surface area (Å²) in [6, 6.07) is 4.30. The largest absolute Gasteiger partial charge is 0.393 e. The van der Waals surface area contributed by atoms with Crippen molar-refractivity contribution < 1.29 is 14.5 Å². The van der Waals surface area contributed by atoms with E-state index in [0.29, 0.717) is 19.7 Å². The van der Waals surface area contributed by atoms with Crippen molar-refractivity contribution in [2.45, 2.75) is 0 Å². The lowest BCUT2D eigenvalue weighted by Gasteiger charge is -2.16. The molecule has 1 aromatic carbocycles. The molecule has 1 rings (SSSR count). The minimum Gasteiger partial charge on any atom is -0.393 e. The number of ether oxygens (including phenoxy) is 1. The number of benzene rings is 1. The minimum atomic E-state index is -0.644. The third-order valence-electron chi connectivity index (χ3n) is 2.95. The second-order valence-electron chi connectivity index (χ2n) is 4.55. The van der Waals surface area contributed by atoms with Gasteiger partial charge in [-0.25, -0.2) is 0 Å². The van der Waals surface area contributed by atoms with E-state index >= 15 is 0 Å². The Bertz CT molecular complexity index is 507. The van der Waals surface area contributed by atoms with Crippen LogP contribution in [0.2, 0.25) is 0 Å². The molecular formula is C13H20N4O4. The van der Waals surface area contributed by atoms with E-state index in [0.717, 1.165) is 6.54 Å². The highest BCUT2D eigenvalue weighted by atomic mass is 16.6. The van der Waals surface area contributed by atoms with Gasteiger partial charge in [-0.05, 0) is 19.2 Å². The SMILES string of the molecule is COCCN(C)CCNC(=O)c1cccc(N)c1[N+](=O)[O-]. The molecule has 0 atom stereocenters. The van der Waals surface area contributed by atoms with Crippen LogP contribution in [0.5, 0.6) is 0 Å². The number of nitrogens with zero attached hydrogens (tertiary/aromatic N) is 2. The van der Waals surface area contributed by atoms with E-state index in [2.05, 4.69) is 5.32 Å². The van der Waals surface area contributed by atoms with Crippen LogP contribution in [0.25, 0.3) is 0 Å². The van der Waals surface area contributed by atoms with Gasteiger partial charge in [0, 0.05) is 26.7 Å². The number of para-hydroxylation sites is 1. The summed E-state index contributed by atoms with van der Waals surface area (Å²) in [5.41, 5.74) is 5.14. The number of amides is 1. The fourth-order valence-electron chi connectivity index (χ4n) is 1.76. The molecule has 0 aliphatic heterocycles. The smallest absolute Gasteiger partial charge is 0.304 e. The van der Waals surface area contributed by atoms with Gasteiger partial charge in [0.15, 0.2) is 0 Å². The number of methoxy groups -OCH3 is 1. The van der Waals surface area contributed by atoms with E-state index in [1.165, 1.54) is 18.2 Å². The number of carbonyl (C=O) groups is 1. The Labute approximate surface area is 123 Å². The average Bonchev–Trinajstić information content (AvgIpc) is 2.44. The maximum atomic E-state index is 12.0. The highest BCUT2D eigenvalue weighted by Gasteiger charge is 2.22. The van der Waals surface area contributed by atoms with Crippen LogP contribution >= 0.6 is 0 Å². The van der Waals surface area contributed by atoms with Crippen molar-refractivity contribution in [3.05, 3.63) is 33.9 Å². The molecule has 0 aliphatic rings. The molecule has 0 spiro atoms. The predicted octanol–water partition coefficient (Wildman–Crippen LogP) is 0.485. The second kappa shape index (κ2) is 8.18. The molecule has 21 heavy (non-hydrogen) atoms. The Hall–Kier alpha value is -2.19. The summed E-state index contributed by atoms with van der Waals surface area (Å²) >= 11 is 0. The van der Waals surface area contributed by atoms with Crippen LogP contribution < -0.4 is 11.1 Å². The fraction of sp³-hybridized carbons (Fsp3) is 0.462. The molecular weight excluding hydrogens is 276 g/mol. The number of likely N-dealkylation sites (N-methyl/N-ethyl adjacent to an activating group) is 1. The molecule has 0 radical (unpaired) electrons. The predicted molar refractivity (Wildman–Crippen MR) is 79.2 cm³/mol. The third kappa shape index (κ3) is 5.01. The van der Waals surface area contributed by atoms with E-state index in [-0.39, 0.29) is 16.9 Å². The molecule has 0 bridgehead atoms. The number of anilines is 1. The Morgan fingerprint density at radius 3 is 2.81 bits per heavy atom. The molecule has 0 aliphatic carbocycles. The van der Waals surface area contributed by atoms with Crippen molar-refractivity contribution in [3.63, 3.8) is 0 Å². The number of nitro benzene ring substituents is 1. The lowest BCUT2D eigenvalue weighted by Crippen LogP contribution is -2.34. The van der Waals surface area contributed by atoms with Crippen molar-refractivity contribution in [2.24, 2.45) is 0 Å². The Morgan fingerprint density at radius 2 is 2.19 bits per heavy atom. The summed E-state index contributed by atoms with van der Waals surface area (Å²) in [5, 5.41) is 13.6. The van der Waals surface area contributed by atoms with Gasteiger partial charge in [0.25, 0.3) is 5.91 Å². The van der Waals surface area contributed by atoms with Crippen molar-refractivity contribution in [1.29, 1.82) is 0 Å². The Morgan fingerprint density at radius 1 is 1.48 bits per heavy atom. The van der Waals surface area contributed by atoms with Crippen LogP contribution in [0.3, 0.4) is 0 Å². The van der Waals surface area contributed by atoms with Gasteiger partial charge in [-0.3, -0.25) is 14.9 Å². The summed E-state index contributed by atoms with van der Waals surface area (Å²) < 4.78 is 4.95. The molecule has 0 unspecified atom stereocenters. The number of nitrogens with one attached hydrogen (secondary N) is 1. The number of nitrogens with two attached hydrogens (primary N) is 1. The number of hydrogen-bond donors (Lipinski definition) is 2. The van der Waals surface area contributed by atoms with Crippen LogP contribution in [0.15, 0.2) is 18.2 Å². The third-order valence-corrected chi connectivity index (χ3v) is 2.95. The average molecular weight is 296 g/mol. The monoisotopic (exact) mass is 296 g/mol. The number of rotatable bonds is 8. The first-order valence-electron chi connectivity index (χ1n) is 6.46. The van der Waals surface area contributed by atoms with E-state index in [4.69, 9.17) is 10.5 Å². The van der Waals surface area contributed by atoms with Crippen molar-refractivity contribution in [1.82, 2.24) is 10.2 Å². The molecule has 8 nitrogen and oxygen atoms in total. The quantitative estimate of drug-likeness (QED) is 0.410. The number of carbonyl (C=O) groups excluding carboxylic acids is 1. The van der Waals surface area contributed by atoms with Crippen LogP contribution in [-0.2, 0) is 4.74 Å². The molecule has 1 amide bonds. The van der Waals surface area contributed by atoms with Crippen molar-refractivity contribution in [2.75, 3.05) is 46.1 Å². The van der Waals surface area contributed by atoms with E-state index in [1.807, 2.05) is 11.9 Å². The first-order valence-corrected chi connectivity index (χ1v) is 6.46. The molecule has 0 saturated heterocycles. The lowest BCUT2D eigenvalue weighted by molar-refractivity contribution is -0.384. The van der Waals surface area contributed by atoms with Crippen LogP contribution in [0, 0.1) is 10.1 Å². The Kier molecular flexibility index (Phi) is 6.57. The van der Waals surface area contributed by atoms with Gasteiger partial charge >= 0.3 is 5.69 Å². The normalized spacial score (nSPS) is 10.6. The van der Waals surface area contributed by atoms with Crippen LogP contribution in [0.1, 0.15) is 10.4 Å². The number of nitro groups is 1. The van der Waals surface area contributed by atoms with Crippen LogP contribution in [0.4, 0.5) is 11.4 Å². The van der Waals surface area contributed by atoms with Gasteiger partial charge in [-0.15, -0.1) is 0 Å². The zero-order valence-corrected chi connectivity index (χ0v) is 12.2. The number of hydrogen-bond acceptors (Lipinski definition) is 6. The summed E-state index contributed by atoms with van der Waals surface area (Å²) in [6.45, 7) is 2.34. The highest BCUT2D eigenvalue weighted by Crippen LogP contribution is 2.25. The first kappa shape index (κ1) is 16.9. The van der Waals surface area contributed by atoms with Gasteiger partial charge < -0.3 is 20.7 Å². The molecule has 3 N–H and O–H groups in total. The first-order chi connectivity index (χ1) is 9.97. The molecule has 116 valence electrons. The van der Waals surface area contributed by atoms with E-state index in [9.17, 15) is 14.9 Å². The molecule has 0 fully saturated rings. The van der Waals surface area contributed by atoms with Crippen molar-refractivity contribution >= 4 is 17.3 Å². The standard InChI is InChI=1S/C13H20N4O4/c1-16(8-9-21-2)7-6-15-13(18)10-4-3-5-11(14)12(10)17(19)20/h3-5H,6-9,14H2,1-2H3,(H,15,18). The molecule has 0 heterocycles. The maximum Gasteiger partial charge on any atom is 0.304 e. The molecule has 8 heteroatoms. The number of nitrogen functional groups attached to an aromatic ring is 1. The minimum absolute atomic E-state index is 0.0233. The van der Waals surface area contributed by atoms with E-state index < -0.39 is 10.8 Å². The van der Waals surface area contributed by atoms with Gasteiger partial charge in [-0.2, -0.15) is 0 Å². The fourth-order valence-corrected chi connectivity index (χ4v) is 1.76. The van der Waals surface area contributed by atoms with E-state index in [1.54, 1.807) is 7.11 Å². The topological polar surface area (TPSA) is 111 Å². The zero-order chi connectivity index (χ0) is 15.8. The summed E-state index contributed by atoms with van der Waals surface area (Å²) in [7, 11) is 3.52. The summed E-state index contributed by atoms with van der Waals surface area (Å²) in [6.07, 6.45) is 0. The van der Waals surface area contributed by atoms with Gasteiger partial charge in [0.05, 0.1) is 11.5 Å². The lowest BCUT2D eigenvalue weighted by atomic mass is 10.1. The maximum absolute atomic E-state index is 12.0. The molecule has 0 aromatic heterocycles. The molecule has 0 saturated carbocycles. The van der Waals surface area contributed by atoms with Gasteiger partial charge in [0.1, 0.15) is 11.3 Å². The van der Waals surface area contributed by atoms with Crippen LogP contribution in [-0.4, -0.2) is 56.1 Å².